The first-order valence-corrected chi connectivity index (χ1v) is 10.8. The average Bonchev–Trinajstić information content (AvgIpc) is 3.45. The first-order valence-electron chi connectivity index (χ1n) is 10.8. The van der Waals surface area contributed by atoms with Crippen LogP contribution >= 0.6 is 0 Å². The first kappa shape index (κ1) is 20.9. The van der Waals surface area contributed by atoms with Crippen LogP contribution < -0.4 is 4.90 Å². The molecular formula is C24H24FN7O. The van der Waals surface area contributed by atoms with Gasteiger partial charge in [-0.3, -0.25) is 9.89 Å². The van der Waals surface area contributed by atoms with Crippen LogP contribution in [0.5, 0.6) is 0 Å². The molecule has 1 fully saturated rings. The molecule has 4 heterocycles. The van der Waals surface area contributed by atoms with Gasteiger partial charge in [0.2, 0.25) is 0 Å². The summed E-state index contributed by atoms with van der Waals surface area (Å²) < 4.78 is 15.0. The summed E-state index contributed by atoms with van der Waals surface area (Å²) in [6.45, 7) is 6.65. The molecular weight excluding hydrogens is 421 g/mol. The van der Waals surface area contributed by atoms with Crippen molar-refractivity contribution in [3.63, 3.8) is 0 Å². The number of nitrogens with one attached hydrogen (secondary N) is 1. The third kappa shape index (κ3) is 3.97. The Morgan fingerprint density at radius 3 is 2.48 bits per heavy atom. The maximum atomic E-state index is 13.2. The quantitative estimate of drug-likeness (QED) is 0.521. The normalized spacial score (nSPS) is 14.0. The minimum absolute atomic E-state index is 0.0897. The van der Waals surface area contributed by atoms with E-state index < -0.39 is 0 Å². The third-order valence-corrected chi connectivity index (χ3v) is 5.95. The Morgan fingerprint density at radius 2 is 1.79 bits per heavy atom. The van der Waals surface area contributed by atoms with Crippen LogP contribution in [-0.2, 0) is 0 Å². The number of rotatable bonds is 4. The molecule has 1 aromatic carbocycles. The predicted molar refractivity (Wildman–Crippen MR) is 123 cm³/mol. The zero-order chi connectivity index (χ0) is 22.9. The number of nitrogens with zero attached hydrogens (tertiary/aromatic N) is 6. The highest BCUT2D eigenvalue weighted by Crippen LogP contribution is 2.27. The Kier molecular flexibility index (Phi) is 5.37. The largest absolute Gasteiger partial charge is 0.365 e. The zero-order valence-corrected chi connectivity index (χ0v) is 18.5. The lowest BCUT2D eigenvalue weighted by atomic mass is 10.1. The molecule has 1 N–H and O–H groups in total. The Labute approximate surface area is 190 Å². The highest BCUT2D eigenvalue weighted by molar-refractivity contribution is 5.93. The van der Waals surface area contributed by atoms with Gasteiger partial charge in [-0.15, -0.1) is 0 Å². The molecule has 3 aromatic heterocycles. The van der Waals surface area contributed by atoms with Crippen molar-refractivity contribution in [1.82, 2.24) is 29.9 Å². The van der Waals surface area contributed by atoms with Crippen LogP contribution in [0.2, 0.25) is 0 Å². The smallest absolute Gasteiger partial charge is 0.272 e. The van der Waals surface area contributed by atoms with Gasteiger partial charge in [0.1, 0.15) is 11.5 Å². The van der Waals surface area contributed by atoms with Crippen molar-refractivity contribution < 1.29 is 9.18 Å². The van der Waals surface area contributed by atoms with Gasteiger partial charge in [0.25, 0.3) is 5.91 Å². The van der Waals surface area contributed by atoms with E-state index in [9.17, 15) is 9.18 Å². The van der Waals surface area contributed by atoms with Gasteiger partial charge in [0.15, 0.2) is 5.82 Å². The minimum atomic E-state index is -0.306. The van der Waals surface area contributed by atoms with Crippen LogP contribution in [-0.4, -0.2) is 61.9 Å². The van der Waals surface area contributed by atoms with Gasteiger partial charge in [-0.25, -0.2) is 14.1 Å². The molecule has 0 saturated carbocycles. The number of hydrogen-bond acceptors (Lipinski definition) is 5. The SMILES string of the molecule is Cc1nn(-c2ccccn2)c(C)c1N1CCN(C(=O)c2cc(-c3ccc(F)cc3)n[nH]2)CC1. The molecule has 0 spiro atoms. The standard InChI is InChI=1S/C24H24FN7O/c1-16-23(17(2)32(29-16)22-5-3-4-10-26-22)30-11-13-31(14-12-30)24(33)21-15-20(27-28-21)18-6-8-19(25)9-7-18/h3-10,15H,11-14H2,1-2H3,(H,27,28). The van der Waals surface area contributed by atoms with Gasteiger partial charge < -0.3 is 9.80 Å². The molecule has 0 unspecified atom stereocenters. The van der Waals surface area contributed by atoms with Crippen molar-refractivity contribution in [2.75, 3.05) is 31.1 Å². The maximum Gasteiger partial charge on any atom is 0.272 e. The number of H-pyrrole nitrogens is 1. The Morgan fingerprint density at radius 1 is 1.03 bits per heavy atom. The van der Waals surface area contributed by atoms with E-state index in [-0.39, 0.29) is 11.7 Å². The van der Waals surface area contributed by atoms with Crippen molar-refractivity contribution >= 4 is 11.6 Å². The molecule has 0 aliphatic carbocycles. The van der Waals surface area contributed by atoms with Gasteiger partial charge >= 0.3 is 0 Å². The third-order valence-electron chi connectivity index (χ3n) is 5.95. The summed E-state index contributed by atoms with van der Waals surface area (Å²) in [5, 5.41) is 11.7. The van der Waals surface area contributed by atoms with Crippen LogP contribution in [0.25, 0.3) is 17.1 Å². The summed E-state index contributed by atoms with van der Waals surface area (Å²) in [4.78, 5) is 21.5. The predicted octanol–water partition coefficient (Wildman–Crippen LogP) is 3.38. The Hall–Kier alpha value is -4.01. The maximum absolute atomic E-state index is 13.2. The van der Waals surface area contributed by atoms with Crippen LogP contribution in [0.4, 0.5) is 10.1 Å². The molecule has 33 heavy (non-hydrogen) atoms. The van der Waals surface area contributed by atoms with Gasteiger partial charge in [-0.2, -0.15) is 10.2 Å². The monoisotopic (exact) mass is 445 g/mol. The fourth-order valence-electron chi connectivity index (χ4n) is 4.30. The number of halogens is 1. The van der Waals surface area contributed by atoms with Crippen molar-refractivity contribution in [3.8, 4) is 17.1 Å². The molecule has 1 aliphatic heterocycles. The first-order chi connectivity index (χ1) is 16.0. The van der Waals surface area contributed by atoms with Gasteiger partial charge in [-0.05, 0) is 56.3 Å². The van der Waals surface area contributed by atoms with Crippen molar-refractivity contribution in [1.29, 1.82) is 0 Å². The number of aromatic nitrogens is 5. The van der Waals surface area contributed by atoms with Crippen LogP contribution in [0.3, 0.4) is 0 Å². The van der Waals surface area contributed by atoms with Gasteiger partial charge in [0.05, 0.1) is 22.8 Å². The molecule has 5 rings (SSSR count). The zero-order valence-electron chi connectivity index (χ0n) is 18.5. The lowest BCUT2D eigenvalue weighted by molar-refractivity contribution is 0.0741. The summed E-state index contributed by atoms with van der Waals surface area (Å²) in [6.07, 6.45) is 1.76. The number of aromatic amines is 1. The molecule has 1 amide bonds. The number of benzene rings is 1. The van der Waals surface area contributed by atoms with Gasteiger partial charge in [0, 0.05) is 37.9 Å². The van der Waals surface area contributed by atoms with Crippen LogP contribution in [0.15, 0.2) is 54.7 Å². The fraction of sp³-hybridized carbons (Fsp3) is 0.250. The molecule has 1 saturated heterocycles. The minimum Gasteiger partial charge on any atom is -0.365 e. The van der Waals surface area contributed by atoms with Crippen molar-refractivity contribution in [3.05, 3.63) is 77.6 Å². The lowest BCUT2D eigenvalue weighted by Crippen LogP contribution is -2.49. The van der Waals surface area contributed by atoms with Crippen LogP contribution in [0, 0.1) is 19.7 Å². The number of anilines is 1. The van der Waals surface area contributed by atoms with Crippen molar-refractivity contribution in [2.45, 2.75) is 13.8 Å². The summed E-state index contributed by atoms with van der Waals surface area (Å²) in [5.74, 6) is 0.391. The van der Waals surface area contributed by atoms with Crippen molar-refractivity contribution in [2.24, 2.45) is 0 Å². The molecule has 0 radical (unpaired) electrons. The topological polar surface area (TPSA) is 82.9 Å². The van der Waals surface area contributed by atoms with Crippen LogP contribution in [0.1, 0.15) is 21.9 Å². The highest BCUT2D eigenvalue weighted by Gasteiger charge is 2.27. The molecule has 168 valence electrons. The summed E-state index contributed by atoms with van der Waals surface area (Å²) in [6, 6.07) is 13.5. The Balaban J connectivity index is 1.28. The van der Waals surface area contributed by atoms with E-state index in [1.165, 1.54) is 12.1 Å². The number of piperazine rings is 1. The fourth-order valence-corrected chi connectivity index (χ4v) is 4.30. The van der Waals surface area contributed by atoms with E-state index in [1.807, 2.05) is 41.6 Å². The number of carbonyl (C=O) groups is 1. The second-order valence-electron chi connectivity index (χ2n) is 8.07. The molecule has 0 atom stereocenters. The molecule has 8 nitrogen and oxygen atoms in total. The highest BCUT2D eigenvalue weighted by atomic mass is 19.1. The lowest BCUT2D eigenvalue weighted by Gasteiger charge is -2.36. The molecule has 9 heteroatoms. The number of carbonyl (C=O) groups excluding carboxylic acids is 1. The second kappa shape index (κ2) is 8.50. The molecule has 0 bridgehead atoms. The molecule has 4 aromatic rings. The van der Waals surface area contributed by atoms with E-state index in [2.05, 4.69) is 25.2 Å². The second-order valence-corrected chi connectivity index (χ2v) is 8.07. The Bertz CT molecular complexity index is 1270. The van der Waals surface area contributed by atoms with Gasteiger partial charge in [-0.1, -0.05) is 6.07 Å². The number of amides is 1. The van der Waals surface area contributed by atoms with E-state index in [4.69, 9.17) is 0 Å². The van der Waals surface area contributed by atoms with E-state index in [0.29, 0.717) is 37.6 Å². The number of hydrogen-bond donors (Lipinski definition) is 1. The molecule has 1 aliphatic rings. The summed E-state index contributed by atoms with van der Waals surface area (Å²) >= 11 is 0. The average molecular weight is 446 g/mol. The van der Waals surface area contributed by atoms with E-state index in [0.717, 1.165) is 28.5 Å². The number of aryl methyl sites for hydroxylation is 1. The summed E-state index contributed by atoms with van der Waals surface area (Å²) in [7, 11) is 0. The van der Waals surface area contributed by atoms with E-state index in [1.54, 1.807) is 24.4 Å². The van der Waals surface area contributed by atoms with E-state index >= 15 is 0 Å². The number of pyridine rings is 1. The summed E-state index contributed by atoms with van der Waals surface area (Å²) in [5.41, 5.74) is 4.86.